The summed E-state index contributed by atoms with van der Waals surface area (Å²) in [6.45, 7) is 1.55. The van der Waals surface area contributed by atoms with Crippen LogP contribution in [0, 0.1) is 0 Å². The highest BCUT2D eigenvalue weighted by Crippen LogP contribution is 2.28. The Labute approximate surface area is 116 Å². The van der Waals surface area contributed by atoms with Crippen molar-refractivity contribution in [3.05, 3.63) is 65.4 Å². The summed E-state index contributed by atoms with van der Waals surface area (Å²) < 4.78 is 5.81. The van der Waals surface area contributed by atoms with Gasteiger partial charge in [-0.1, -0.05) is 30.3 Å². The van der Waals surface area contributed by atoms with E-state index in [1.807, 2.05) is 36.4 Å². The van der Waals surface area contributed by atoms with Gasteiger partial charge < -0.3 is 9.52 Å². The quantitative estimate of drug-likeness (QED) is 0.731. The SMILES string of the molecule is CC(=O)c1c(Cc2ccc(O)cc2)oc2ccccc12. The predicted molar refractivity (Wildman–Crippen MR) is 77.1 cm³/mol. The van der Waals surface area contributed by atoms with E-state index in [1.165, 1.54) is 0 Å². The second-order valence-corrected chi connectivity index (χ2v) is 4.80. The molecule has 3 rings (SSSR count). The number of carbonyl (C=O) groups excluding carboxylic acids is 1. The van der Waals surface area contributed by atoms with Crippen LogP contribution in [0.1, 0.15) is 28.6 Å². The summed E-state index contributed by atoms with van der Waals surface area (Å²) in [7, 11) is 0. The molecule has 20 heavy (non-hydrogen) atoms. The fourth-order valence-electron chi connectivity index (χ4n) is 2.41. The van der Waals surface area contributed by atoms with E-state index in [2.05, 4.69) is 0 Å². The number of carbonyl (C=O) groups is 1. The van der Waals surface area contributed by atoms with Crippen LogP contribution in [0.25, 0.3) is 11.0 Å². The van der Waals surface area contributed by atoms with Crippen molar-refractivity contribution in [2.24, 2.45) is 0 Å². The van der Waals surface area contributed by atoms with Crippen LogP contribution >= 0.6 is 0 Å². The molecule has 0 spiro atoms. The van der Waals surface area contributed by atoms with Gasteiger partial charge in [-0.25, -0.2) is 0 Å². The van der Waals surface area contributed by atoms with Gasteiger partial charge in [0.25, 0.3) is 0 Å². The predicted octanol–water partition coefficient (Wildman–Crippen LogP) is 3.93. The number of hydrogen-bond acceptors (Lipinski definition) is 3. The van der Waals surface area contributed by atoms with E-state index in [0.717, 1.165) is 16.5 Å². The van der Waals surface area contributed by atoms with Crippen molar-refractivity contribution in [2.75, 3.05) is 0 Å². The smallest absolute Gasteiger partial charge is 0.163 e. The highest BCUT2D eigenvalue weighted by molar-refractivity contribution is 6.07. The van der Waals surface area contributed by atoms with E-state index in [4.69, 9.17) is 4.42 Å². The molecular weight excluding hydrogens is 252 g/mol. The first-order chi connectivity index (χ1) is 9.65. The number of fused-ring (bicyclic) bond motifs is 1. The summed E-state index contributed by atoms with van der Waals surface area (Å²) in [5.41, 5.74) is 2.37. The lowest BCUT2D eigenvalue weighted by molar-refractivity contribution is 0.101. The monoisotopic (exact) mass is 266 g/mol. The first-order valence-electron chi connectivity index (χ1n) is 6.44. The van der Waals surface area contributed by atoms with Gasteiger partial charge in [0.15, 0.2) is 5.78 Å². The minimum atomic E-state index is 0.00345. The van der Waals surface area contributed by atoms with E-state index in [0.29, 0.717) is 17.7 Å². The zero-order chi connectivity index (χ0) is 14.1. The Morgan fingerprint density at radius 1 is 1.10 bits per heavy atom. The van der Waals surface area contributed by atoms with Crippen molar-refractivity contribution < 1.29 is 14.3 Å². The molecule has 1 N–H and O–H groups in total. The Hall–Kier alpha value is -2.55. The zero-order valence-electron chi connectivity index (χ0n) is 11.1. The molecule has 1 aromatic heterocycles. The molecule has 0 saturated carbocycles. The Bertz CT molecular complexity index is 767. The number of Topliss-reactive ketones (excluding diaryl/α,β-unsaturated/α-hetero) is 1. The van der Waals surface area contributed by atoms with E-state index in [-0.39, 0.29) is 11.5 Å². The lowest BCUT2D eigenvalue weighted by Gasteiger charge is -2.01. The van der Waals surface area contributed by atoms with Gasteiger partial charge in [-0.3, -0.25) is 4.79 Å². The molecule has 0 saturated heterocycles. The number of phenols is 1. The Kier molecular flexibility index (Phi) is 3.03. The first-order valence-corrected chi connectivity index (χ1v) is 6.44. The average molecular weight is 266 g/mol. The number of ketones is 1. The van der Waals surface area contributed by atoms with Crippen molar-refractivity contribution in [1.29, 1.82) is 0 Å². The molecule has 1 heterocycles. The van der Waals surface area contributed by atoms with Crippen molar-refractivity contribution in [3.63, 3.8) is 0 Å². The number of benzene rings is 2. The van der Waals surface area contributed by atoms with Gasteiger partial charge in [0.05, 0.1) is 5.56 Å². The lowest BCUT2D eigenvalue weighted by Crippen LogP contribution is -1.97. The van der Waals surface area contributed by atoms with Gasteiger partial charge in [0.2, 0.25) is 0 Å². The second kappa shape index (κ2) is 4.85. The van der Waals surface area contributed by atoms with Crippen LogP contribution < -0.4 is 0 Å². The Morgan fingerprint density at radius 3 is 2.50 bits per heavy atom. The topological polar surface area (TPSA) is 50.4 Å². The number of rotatable bonds is 3. The summed E-state index contributed by atoms with van der Waals surface area (Å²) in [6, 6.07) is 14.5. The molecule has 3 nitrogen and oxygen atoms in total. The van der Waals surface area contributed by atoms with Gasteiger partial charge in [0, 0.05) is 11.8 Å². The highest BCUT2D eigenvalue weighted by atomic mass is 16.3. The van der Waals surface area contributed by atoms with Crippen LogP contribution in [0.15, 0.2) is 52.9 Å². The van der Waals surface area contributed by atoms with Crippen LogP contribution in [0.2, 0.25) is 0 Å². The lowest BCUT2D eigenvalue weighted by atomic mass is 10.0. The Balaban J connectivity index is 2.08. The number of aromatic hydroxyl groups is 1. The molecule has 0 bridgehead atoms. The fraction of sp³-hybridized carbons (Fsp3) is 0.118. The first kappa shape index (κ1) is 12.5. The molecule has 3 heteroatoms. The third-order valence-corrected chi connectivity index (χ3v) is 3.32. The van der Waals surface area contributed by atoms with Gasteiger partial charge in [-0.05, 0) is 30.7 Å². The van der Waals surface area contributed by atoms with Gasteiger partial charge in [-0.15, -0.1) is 0 Å². The molecule has 0 aliphatic carbocycles. The standard InChI is InChI=1S/C17H14O3/c1-11(18)17-14-4-2-3-5-15(14)20-16(17)10-12-6-8-13(19)9-7-12/h2-9,19H,10H2,1H3. The minimum Gasteiger partial charge on any atom is -0.508 e. The Morgan fingerprint density at radius 2 is 1.80 bits per heavy atom. The number of phenolic OH excluding ortho intramolecular Hbond substituents is 1. The zero-order valence-corrected chi connectivity index (χ0v) is 11.1. The molecule has 0 aliphatic heterocycles. The van der Waals surface area contributed by atoms with E-state index in [9.17, 15) is 9.90 Å². The maximum Gasteiger partial charge on any atom is 0.163 e. The van der Waals surface area contributed by atoms with Gasteiger partial charge in [-0.2, -0.15) is 0 Å². The summed E-state index contributed by atoms with van der Waals surface area (Å²) in [4.78, 5) is 11.9. The van der Waals surface area contributed by atoms with Gasteiger partial charge >= 0.3 is 0 Å². The van der Waals surface area contributed by atoms with E-state index >= 15 is 0 Å². The van der Waals surface area contributed by atoms with Crippen LogP contribution in [0.4, 0.5) is 0 Å². The molecule has 3 aromatic rings. The summed E-state index contributed by atoms with van der Waals surface area (Å²) in [5, 5.41) is 10.2. The summed E-state index contributed by atoms with van der Waals surface area (Å²) in [6.07, 6.45) is 0.532. The van der Waals surface area contributed by atoms with E-state index < -0.39 is 0 Å². The molecule has 0 amide bonds. The van der Waals surface area contributed by atoms with Crippen molar-refractivity contribution in [2.45, 2.75) is 13.3 Å². The third kappa shape index (κ3) is 2.18. The van der Waals surface area contributed by atoms with Crippen molar-refractivity contribution >= 4 is 16.8 Å². The molecule has 0 aliphatic rings. The summed E-state index contributed by atoms with van der Waals surface area (Å²) in [5.74, 6) is 0.901. The maximum atomic E-state index is 11.9. The molecule has 0 unspecified atom stereocenters. The third-order valence-electron chi connectivity index (χ3n) is 3.32. The van der Waals surface area contributed by atoms with Crippen LogP contribution in [-0.4, -0.2) is 10.9 Å². The molecular formula is C17H14O3. The maximum absolute atomic E-state index is 11.9. The van der Waals surface area contributed by atoms with Crippen molar-refractivity contribution in [3.8, 4) is 5.75 Å². The molecule has 100 valence electrons. The van der Waals surface area contributed by atoms with Gasteiger partial charge in [0.1, 0.15) is 17.1 Å². The van der Waals surface area contributed by atoms with Crippen LogP contribution in [0.3, 0.4) is 0 Å². The highest BCUT2D eigenvalue weighted by Gasteiger charge is 2.17. The molecule has 2 aromatic carbocycles. The van der Waals surface area contributed by atoms with Crippen LogP contribution in [0.5, 0.6) is 5.75 Å². The normalized spacial score (nSPS) is 10.8. The number of hydrogen-bond donors (Lipinski definition) is 1. The largest absolute Gasteiger partial charge is 0.508 e. The summed E-state index contributed by atoms with van der Waals surface area (Å²) >= 11 is 0. The number of furan rings is 1. The average Bonchev–Trinajstić information content (AvgIpc) is 2.79. The second-order valence-electron chi connectivity index (χ2n) is 4.80. The minimum absolute atomic E-state index is 0.00345. The fourth-order valence-corrected chi connectivity index (χ4v) is 2.41. The molecule has 0 radical (unpaired) electrons. The van der Waals surface area contributed by atoms with Crippen LogP contribution in [-0.2, 0) is 6.42 Å². The van der Waals surface area contributed by atoms with E-state index in [1.54, 1.807) is 19.1 Å². The number of para-hydroxylation sites is 1. The molecule has 0 fully saturated rings. The molecule has 0 atom stereocenters. The van der Waals surface area contributed by atoms with Crippen molar-refractivity contribution in [1.82, 2.24) is 0 Å².